The molecule has 1 heterocycles. The normalized spacial score (nSPS) is 20.3. The summed E-state index contributed by atoms with van der Waals surface area (Å²) in [6.07, 6.45) is 2.10. The molecule has 1 fully saturated rings. The third-order valence-corrected chi connectivity index (χ3v) is 2.71. The van der Waals surface area contributed by atoms with Gasteiger partial charge in [-0.2, -0.15) is 0 Å². The van der Waals surface area contributed by atoms with E-state index in [1.807, 2.05) is 24.3 Å². The fraction of sp³-hybridized carbons (Fsp3) is 0.273. The monoisotopic (exact) mass is 187 g/mol. The zero-order valence-electron chi connectivity index (χ0n) is 7.71. The quantitative estimate of drug-likeness (QED) is 0.736. The van der Waals surface area contributed by atoms with Gasteiger partial charge in [0.15, 0.2) is 11.8 Å². The Morgan fingerprint density at radius 3 is 2.79 bits per heavy atom. The number of rotatable bonds is 2. The zero-order chi connectivity index (χ0) is 9.54. The highest BCUT2D eigenvalue weighted by Crippen LogP contribution is 2.37. The van der Waals surface area contributed by atoms with Crippen LogP contribution < -0.4 is 10.9 Å². The number of hydrazine groups is 1. The van der Waals surface area contributed by atoms with Crippen LogP contribution in [-0.4, -0.2) is 5.78 Å². The number of Topliss-reactive ketones (excluding diaryl/α,β-unsaturated/α-hetero) is 1. The van der Waals surface area contributed by atoms with Gasteiger partial charge in [0.1, 0.15) is 0 Å². The Morgan fingerprint density at radius 2 is 2.00 bits per heavy atom. The summed E-state index contributed by atoms with van der Waals surface area (Å²) in [5, 5.41) is 0. The molecule has 1 saturated carbocycles. The second-order valence-corrected chi connectivity index (χ2v) is 3.81. The van der Waals surface area contributed by atoms with E-state index in [1.54, 1.807) is 0 Å². The average molecular weight is 187 g/mol. The van der Waals surface area contributed by atoms with Gasteiger partial charge in [-0.15, -0.1) is 0 Å². The number of carbonyl (C=O) groups is 1. The summed E-state index contributed by atoms with van der Waals surface area (Å²) in [5.74, 6) is 0.521. The Hall–Kier alpha value is -1.35. The van der Waals surface area contributed by atoms with Crippen LogP contribution in [0.2, 0.25) is 0 Å². The molecule has 0 unspecified atom stereocenters. The standard InChI is InChI=1S/C11H11N2O/c14-11(7-5-6-7)10-8-3-1-2-4-9(8)12-13-10/h1-4,7,12-13H,5-6H2. The van der Waals surface area contributed by atoms with Crippen LogP contribution in [0.1, 0.15) is 18.4 Å². The number of benzene rings is 1. The molecule has 0 bridgehead atoms. The van der Waals surface area contributed by atoms with Gasteiger partial charge in [0.25, 0.3) is 0 Å². The van der Waals surface area contributed by atoms with E-state index < -0.39 is 0 Å². The van der Waals surface area contributed by atoms with Crippen molar-refractivity contribution in [3.8, 4) is 0 Å². The molecule has 2 N–H and O–H groups in total. The van der Waals surface area contributed by atoms with Crippen molar-refractivity contribution < 1.29 is 4.79 Å². The van der Waals surface area contributed by atoms with Crippen molar-refractivity contribution in [2.75, 3.05) is 5.43 Å². The molecule has 0 amide bonds. The summed E-state index contributed by atoms with van der Waals surface area (Å²) >= 11 is 0. The molecular weight excluding hydrogens is 176 g/mol. The van der Waals surface area contributed by atoms with E-state index in [4.69, 9.17) is 0 Å². The summed E-state index contributed by atoms with van der Waals surface area (Å²) in [7, 11) is 0. The molecule has 1 aliphatic carbocycles. The van der Waals surface area contributed by atoms with Crippen LogP contribution in [0.4, 0.5) is 5.69 Å². The number of anilines is 1. The predicted octanol–water partition coefficient (Wildman–Crippen LogP) is 1.48. The van der Waals surface area contributed by atoms with E-state index in [1.165, 1.54) is 0 Å². The molecule has 71 valence electrons. The second-order valence-electron chi connectivity index (χ2n) is 3.81. The van der Waals surface area contributed by atoms with Crippen LogP contribution in [0.3, 0.4) is 0 Å². The fourth-order valence-electron chi connectivity index (χ4n) is 1.75. The van der Waals surface area contributed by atoms with Gasteiger partial charge < -0.3 is 5.43 Å². The van der Waals surface area contributed by atoms with E-state index in [2.05, 4.69) is 10.9 Å². The van der Waals surface area contributed by atoms with E-state index >= 15 is 0 Å². The largest absolute Gasteiger partial charge is 0.320 e. The highest BCUT2D eigenvalue weighted by atomic mass is 16.1. The lowest BCUT2D eigenvalue weighted by Gasteiger charge is -2.06. The van der Waals surface area contributed by atoms with Crippen LogP contribution in [0, 0.1) is 12.0 Å². The molecule has 1 radical (unpaired) electrons. The average Bonchev–Trinajstić information content (AvgIpc) is 2.97. The van der Waals surface area contributed by atoms with Crippen molar-refractivity contribution in [1.29, 1.82) is 0 Å². The first-order valence-electron chi connectivity index (χ1n) is 4.89. The Kier molecular flexibility index (Phi) is 1.61. The smallest absolute Gasteiger partial charge is 0.165 e. The summed E-state index contributed by atoms with van der Waals surface area (Å²) < 4.78 is 0. The molecule has 1 aromatic carbocycles. The van der Waals surface area contributed by atoms with Crippen molar-refractivity contribution in [2.45, 2.75) is 12.8 Å². The number of carbonyl (C=O) groups excluding carboxylic acids is 1. The molecule has 3 nitrogen and oxygen atoms in total. The molecule has 0 aromatic heterocycles. The maximum Gasteiger partial charge on any atom is 0.165 e. The Labute approximate surface area is 82.5 Å². The van der Waals surface area contributed by atoms with Crippen LogP contribution in [0.25, 0.3) is 0 Å². The maximum absolute atomic E-state index is 11.8. The van der Waals surface area contributed by atoms with Gasteiger partial charge in [0.2, 0.25) is 0 Å². The van der Waals surface area contributed by atoms with E-state index in [0.717, 1.165) is 30.1 Å². The third-order valence-electron chi connectivity index (χ3n) is 2.71. The minimum atomic E-state index is 0.252. The third kappa shape index (κ3) is 1.13. The number of para-hydroxylation sites is 1. The number of hydrogen-bond acceptors (Lipinski definition) is 3. The zero-order valence-corrected chi connectivity index (χ0v) is 7.71. The Morgan fingerprint density at radius 1 is 1.21 bits per heavy atom. The molecule has 2 aliphatic rings. The van der Waals surface area contributed by atoms with Gasteiger partial charge in [-0.25, -0.2) is 5.43 Å². The van der Waals surface area contributed by atoms with Crippen LogP contribution >= 0.6 is 0 Å². The second kappa shape index (κ2) is 2.82. The lowest BCUT2D eigenvalue weighted by Crippen LogP contribution is -2.28. The number of fused-ring (bicyclic) bond motifs is 1. The van der Waals surface area contributed by atoms with Crippen molar-refractivity contribution in [1.82, 2.24) is 5.43 Å². The van der Waals surface area contributed by atoms with Gasteiger partial charge in [-0.3, -0.25) is 4.79 Å². The predicted molar refractivity (Wildman–Crippen MR) is 53.3 cm³/mol. The SMILES string of the molecule is O=C([C]1NNc2ccccc21)C1CC1. The minimum Gasteiger partial charge on any atom is -0.320 e. The molecule has 14 heavy (non-hydrogen) atoms. The van der Waals surface area contributed by atoms with Crippen molar-refractivity contribution in [3.63, 3.8) is 0 Å². The summed E-state index contributed by atoms with van der Waals surface area (Å²) in [6, 6.07) is 8.59. The van der Waals surface area contributed by atoms with Gasteiger partial charge >= 0.3 is 0 Å². The molecule has 0 atom stereocenters. The Balaban J connectivity index is 1.93. The van der Waals surface area contributed by atoms with Gasteiger partial charge in [0, 0.05) is 11.5 Å². The molecule has 0 spiro atoms. The van der Waals surface area contributed by atoms with Crippen molar-refractivity contribution in [2.24, 2.45) is 5.92 Å². The van der Waals surface area contributed by atoms with Crippen LogP contribution in [0.15, 0.2) is 24.3 Å². The highest BCUT2D eigenvalue weighted by Gasteiger charge is 2.39. The highest BCUT2D eigenvalue weighted by molar-refractivity contribution is 6.01. The number of nitrogens with one attached hydrogen (secondary N) is 2. The lowest BCUT2D eigenvalue weighted by molar-refractivity contribution is -0.118. The van der Waals surface area contributed by atoms with Gasteiger partial charge in [-0.1, -0.05) is 18.2 Å². The van der Waals surface area contributed by atoms with Crippen molar-refractivity contribution in [3.05, 3.63) is 35.9 Å². The van der Waals surface area contributed by atoms with Gasteiger partial charge in [0.05, 0.1) is 5.69 Å². The first-order chi connectivity index (χ1) is 6.86. The molecule has 3 heteroatoms. The van der Waals surface area contributed by atoms with Crippen LogP contribution in [-0.2, 0) is 4.79 Å². The van der Waals surface area contributed by atoms with Crippen molar-refractivity contribution >= 4 is 11.5 Å². The molecule has 0 saturated heterocycles. The number of hydrogen-bond donors (Lipinski definition) is 2. The van der Waals surface area contributed by atoms with E-state index in [9.17, 15) is 4.79 Å². The molecular formula is C11H11N2O. The Bertz CT molecular complexity index is 385. The molecule has 1 aliphatic heterocycles. The fourth-order valence-corrected chi connectivity index (χ4v) is 1.75. The number of ketones is 1. The van der Waals surface area contributed by atoms with E-state index in [0.29, 0.717) is 0 Å². The van der Waals surface area contributed by atoms with E-state index in [-0.39, 0.29) is 11.7 Å². The maximum atomic E-state index is 11.8. The summed E-state index contributed by atoms with van der Waals surface area (Å²) in [5.41, 5.74) is 7.97. The summed E-state index contributed by atoms with van der Waals surface area (Å²) in [4.78, 5) is 11.8. The molecule has 1 aromatic rings. The topological polar surface area (TPSA) is 41.1 Å². The lowest BCUT2D eigenvalue weighted by atomic mass is 10.0. The summed E-state index contributed by atoms with van der Waals surface area (Å²) in [6.45, 7) is 0. The minimum absolute atomic E-state index is 0.252. The van der Waals surface area contributed by atoms with Crippen LogP contribution in [0.5, 0.6) is 0 Å². The first-order valence-corrected chi connectivity index (χ1v) is 4.89. The van der Waals surface area contributed by atoms with Gasteiger partial charge in [-0.05, 0) is 18.9 Å². The first kappa shape index (κ1) is 8.00. The molecule has 3 rings (SSSR count).